The molecule has 3 heterocycles. The minimum absolute atomic E-state index is 0. The average molecular weight is 789 g/mol. The molecule has 8 rings (SSSR count). The second-order valence-corrected chi connectivity index (χ2v) is 17.2. The topological polar surface area (TPSA) is 38.9 Å². The fraction of sp³-hybridized carbons (Fsp3) is 0.0732. The molecule has 5 aromatic carbocycles. The summed E-state index contributed by atoms with van der Waals surface area (Å²) in [6.07, 6.45) is 3.93. The fourth-order valence-corrected chi connectivity index (χ4v) is 6.60. The smallest absolute Gasteiger partial charge is 0.128 e. The van der Waals surface area contributed by atoms with Gasteiger partial charge in [-0.15, -0.1) is 54.1 Å². The number of aromatic nitrogens is 2. The second kappa shape index (κ2) is 13.4. The summed E-state index contributed by atoms with van der Waals surface area (Å²) in [5, 5.41) is 5.87. The van der Waals surface area contributed by atoms with Crippen LogP contribution < -0.4 is 5.19 Å². The number of hydrogen-bond acceptors (Lipinski definition) is 3. The molecule has 0 saturated heterocycles. The van der Waals surface area contributed by atoms with Gasteiger partial charge in [0, 0.05) is 43.4 Å². The number of benzene rings is 5. The van der Waals surface area contributed by atoms with E-state index < -0.39 is 8.07 Å². The summed E-state index contributed by atoms with van der Waals surface area (Å²) in [6.45, 7) is 7.00. The van der Waals surface area contributed by atoms with Crippen molar-refractivity contribution in [1.29, 1.82) is 0 Å². The monoisotopic (exact) mass is 789 g/mol. The van der Waals surface area contributed by atoms with Crippen molar-refractivity contribution in [3.8, 4) is 33.6 Å². The molecule has 3 nitrogen and oxygen atoms in total. The van der Waals surface area contributed by atoms with Gasteiger partial charge in [0.2, 0.25) is 0 Å². The van der Waals surface area contributed by atoms with Crippen molar-refractivity contribution in [3.05, 3.63) is 152 Å². The molecule has 0 aliphatic heterocycles. The van der Waals surface area contributed by atoms with Crippen LogP contribution in [0.3, 0.4) is 0 Å². The zero-order valence-corrected chi connectivity index (χ0v) is 29.3. The molecule has 46 heavy (non-hydrogen) atoms. The molecule has 0 amide bonds. The van der Waals surface area contributed by atoms with E-state index in [1.807, 2.05) is 60.9 Å². The van der Waals surface area contributed by atoms with Gasteiger partial charge in [-0.25, -0.2) is 0 Å². The molecule has 227 valence electrons. The maximum Gasteiger partial charge on any atom is 0.128 e. The van der Waals surface area contributed by atoms with Crippen LogP contribution in [0.4, 0.5) is 0 Å². The Morgan fingerprint density at radius 3 is 2.07 bits per heavy atom. The number of hydrogen-bond donors (Lipinski definition) is 0. The fourth-order valence-electron chi connectivity index (χ4n) is 5.57. The number of para-hydroxylation sites is 1. The molecule has 0 atom stereocenters. The Balaban J connectivity index is 0.000000187. The zero-order chi connectivity index (χ0) is 30.8. The molecular formula is C41H32IrN2OSi-2. The van der Waals surface area contributed by atoms with Gasteiger partial charge >= 0.3 is 0 Å². The molecule has 0 aliphatic carbocycles. The maximum absolute atomic E-state index is 6.46. The largest absolute Gasteiger partial charge is 0.500 e. The Kier molecular flexibility index (Phi) is 9.09. The zero-order valence-electron chi connectivity index (χ0n) is 25.9. The third-order valence-corrected chi connectivity index (χ3v) is 10.1. The average Bonchev–Trinajstić information content (AvgIpc) is 3.48. The molecule has 3 aromatic heterocycles. The number of pyridine rings is 2. The van der Waals surface area contributed by atoms with E-state index in [0.29, 0.717) is 0 Å². The summed E-state index contributed by atoms with van der Waals surface area (Å²) in [7, 11) is -1.23. The molecule has 0 unspecified atom stereocenters. The van der Waals surface area contributed by atoms with Gasteiger partial charge in [0.1, 0.15) is 5.58 Å². The second-order valence-electron chi connectivity index (χ2n) is 12.1. The summed E-state index contributed by atoms with van der Waals surface area (Å²) in [5.74, 6) is 0. The minimum Gasteiger partial charge on any atom is -0.500 e. The SMILES string of the molecule is C[Si](C)(C)c1ccc(-c2[c-]cccc2)nc1.[Ir].[c-]1ccc2c(oc3c(-c4ccccc4)cccc32)c1-c1cc2ccccc2cn1. The van der Waals surface area contributed by atoms with Crippen molar-refractivity contribution in [1.82, 2.24) is 9.97 Å². The van der Waals surface area contributed by atoms with Crippen molar-refractivity contribution >= 4 is 46.0 Å². The Morgan fingerprint density at radius 2 is 1.33 bits per heavy atom. The summed E-state index contributed by atoms with van der Waals surface area (Å²) in [4.78, 5) is 9.21. The van der Waals surface area contributed by atoms with Crippen molar-refractivity contribution in [2.45, 2.75) is 19.6 Å². The predicted octanol–water partition coefficient (Wildman–Crippen LogP) is 10.4. The molecule has 1 radical (unpaired) electrons. The first kappa shape index (κ1) is 31.3. The van der Waals surface area contributed by atoms with Crippen LogP contribution in [0.2, 0.25) is 19.6 Å². The van der Waals surface area contributed by atoms with Crippen LogP contribution >= 0.6 is 0 Å². The molecule has 0 spiro atoms. The Hall–Kier alpha value is -4.67. The van der Waals surface area contributed by atoms with Gasteiger partial charge in [-0.05, 0) is 32.9 Å². The third-order valence-electron chi connectivity index (χ3n) is 8.05. The third kappa shape index (κ3) is 6.36. The number of furan rings is 1. The summed E-state index contributed by atoms with van der Waals surface area (Å²) in [5.41, 5.74) is 7.79. The summed E-state index contributed by atoms with van der Waals surface area (Å²) in [6, 6.07) is 49.8. The number of rotatable bonds is 4. The minimum atomic E-state index is -1.23. The van der Waals surface area contributed by atoms with Gasteiger partial charge in [-0.2, -0.15) is 0 Å². The van der Waals surface area contributed by atoms with E-state index in [9.17, 15) is 0 Å². The molecule has 0 saturated carbocycles. The molecule has 5 heteroatoms. The van der Waals surface area contributed by atoms with Gasteiger partial charge in [-0.3, -0.25) is 0 Å². The Morgan fingerprint density at radius 1 is 0.587 bits per heavy atom. The van der Waals surface area contributed by atoms with E-state index >= 15 is 0 Å². The van der Waals surface area contributed by atoms with E-state index in [2.05, 4.69) is 121 Å². The van der Waals surface area contributed by atoms with E-state index in [-0.39, 0.29) is 20.1 Å². The molecule has 0 fully saturated rings. The Bertz CT molecular complexity index is 2240. The van der Waals surface area contributed by atoms with Crippen molar-refractivity contribution < 1.29 is 24.5 Å². The van der Waals surface area contributed by atoms with Crippen LogP contribution in [0.5, 0.6) is 0 Å². The van der Waals surface area contributed by atoms with Gasteiger partial charge in [-0.1, -0.05) is 122 Å². The van der Waals surface area contributed by atoms with Crippen LogP contribution in [0.15, 0.2) is 144 Å². The van der Waals surface area contributed by atoms with Crippen LogP contribution in [0.1, 0.15) is 0 Å². The number of nitrogens with zero attached hydrogens (tertiary/aromatic N) is 2. The van der Waals surface area contributed by atoms with Gasteiger partial charge < -0.3 is 14.4 Å². The maximum atomic E-state index is 6.46. The summed E-state index contributed by atoms with van der Waals surface area (Å²) >= 11 is 0. The Labute approximate surface area is 284 Å². The van der Waals surface area contributed by atoms with Crippen LogP contribution in [0, 0.1) is 12.1 Å². The van der Waals surface area contributed by atoms with Crippen LogP contribution in [-0.2, 0) is 20.1 Å². The molecule has 0 N–H and O–H groups in total. The van der Waals surface area contributed by atoms with Crippen molar-refractivity contribution in [2.24, 2.45) is 0 Å². The predicted molar refractivity (Wildman–Crippen MR) is 190 cm³/mol. The first-order valence-corrected chi connectivity index (χ1v) is 18.7. The number of fused-ring (bicyclic) bond motifs is 4. The van der Waals surface area contributed by atoms with Gasteiger partial charge in [0.15, 0.2) is 0 Å². The molecule has 8 aromatic rings. The van der Waals surface area contributed by atoms with Gasteiger partial charge in [0.25, 0.3) is 0 Å². The van der Waals surface area contributed by atoms with Crippen LogP contribution in [0.25, 0.3) is 66.4 Å². The first-order valence-electron chi connectivity index (χ1n) is 15.2. The molecular weight excluding hydrogens is 757 g/mol. The van der Waals surface area contributed by atoms with Crippen molar-refractivity contribution in [2.75, 3.05) is 0 Å². The quantitative estimate of drug-likeness (QED) is 0.132. The van der Waals surface area contributed by atoms with Crippen LogP contribution in [-0.4, -0.2) is 18.0 Å². The normalized spacial score (nSPS) is 11.2. The van der Waals surface area contributed by atoms with Crippen molar-refractivity contribution in [3.63, 3.8) is 0 Å². The molecule has 0 aliphatic rings. The molecule has 0 bridgehead atoms. The van der Waals surface area contributed by atoms with Gasteiger partial charge in [0.05, 0.1) is 13.7 Å². The van der Waals surface area contributed by atoms with E-state index in [4.69, 9.17) is 4.42 Å². The van der Waals surface area contributed by atoms with E-state index in [0.717, 1.165) is 66.4 Å². The van der Waals surface area contributed by atoms with E-state index in [1.54, 1.807) is 0 Å². The summed E-state index contributed by atoms with van der Waals surface area (Å²) < 4.78 is 6.46. The first-order chi connectivity index (χ1) is 22.0. The van der Waals surface area contributed by atoms with E-state index in [1.165, 1.54) is 5.19 Å². The standard InChI is InChI=1S/C27H16NO.C14H16NSi.Ir/c1-2-8-18(9-3-1)21-12-6-13-22-23-14-7-15-24(27(23)29-26(21)22)25-16-19-10-4-5-11-20(19)17-28-25;1-16(2,3)13-9-10-14(15-11-13)12-7-5-4-6-8-12;/h1-14,16-17H;4-7,9-11H,1-3H3;/q2*-1;.